The lowest BCUT2D eigenvalue weighted by atomic mass is 10.1. The van der Waals surface area contributed by atoms with Gasteiger partial charge in [-0.2, -0.15) is 0 Å². The molecule has 2 heterocycles. The number of nitrogens with zero attached hydrogens (tertiary/aromatic N) is 3. The first-order valence-corrected chi connectivity index (χ1v) is 11.1. The van der Waals surface area contributed by atoms with Gasteiger partial charge in [-0.15, -0.1) is 0 Å². The van der Waals surface area contributed by atoms with E-state index >= 15 is 0 Å². The number of thioether (sulfide) groups is 1. The summed E-state index contributed by atoms with van der Waals surface area (Å²) in [4.78, 5) is 30.6. The molecule has 1 atom stereocenters. The molecule has 0 aliphatic heterocycles. The molecule has 1 N–H and O–H groups in total. The molecule has 2 aromatic heterocycles. The van der Waals surface area contributed by atoms with Crippen LogP contribution in [0.2, 0.25) is 5.02 Å². The molecule has 7 nitrogen and oxygen atoms in total. The number of hydrogen-bond acceptors (Lipinski definition) is 6. The molecule has 3 rings (SSSR count). The molecule has 0 aliphatic rings. The smallest absolute Gasteiger partial charge is 0.262 e. The highest BCUT2D eigenvalue weighted by molar-refractivity contribution is 8.00. The maximum absolute atomic E-state index is 13.2. The van der Waals surface area contributed by atoms with Gasteiger partial charge in [-0.3, -0.25) is 14.2 Å². The van der Waals surface area contributed by atoms with Crippen LogP contribution >= 0.6 is 23.4 Å². The summed E-state index contributed by atoms with van der Waals surface area (Å²) in [5, 5.41) is 7.66. The summed E-state index contributed by atoms with van der Waals surface area (Å²) in [5.41, 5.74) is 0.403. The standard InChI is InChI=1S/C21H25ClN4O3S/c1-5-17(19(27)24-18-10-13(4)29-25-18)30-21-23-16-11-14(22)6-7-15(16)20(28)26(21)9-8-12(2)3/h6-7,10-12,17H,5,8-9H2,1-4H3,(H,24,25,27). The number of hydrogen-bond donors (Lipinski definition) is 1. The van der Waals surface area contributed by atoms with Crippen LogP contribution in [0.3, 0.4) is 0 Å². The predicted octanol–water partition coefficient (Wildman–Crippen LogP) is 4.90. The maximum atomic E-state index is 13.2. The Kier molecular flexibility index (Phi) is 7.20. The number of aryl methyl sites for hydroxylation is 1. The molecular weight excluding hydrogens is 424 g/mol. The fourth-order valence-corrected chi connectivity index (χ4v) is 4.14. The minimum Gasteiger partial charge on any atom is -0.360 e. The van der Waals surface area contributed by atoms with Crippen molar-refractivity contribution in [3.05, 3.63) is 45.4 Å². The van der Waals surface area contributed by atoms with Crippen LogP contribution < -0.4 is 10.9 Å². The average Bonchev–Trinajstić information content (AvgIpc) is 3.09. The topological polar surface area (TPSA) is 90.0 Å². The Labute approximate surface area is 184 Å². The molecule has 0 saturated heterocycles. The van der Waals surface area contributed by atoms with E-state index in [-0.39, 0.29) is 11.5 Å². The number of carbonyl (C=O) groups excluding carboxylic acids is 1. The predicted molar refractivity (Wildman–Crippen MR) is 120 cm³/mol. The third kappa shape index (κ3) is 5.23. The zero-order chi connectivity index (χ0) is 21.8. The van der Waals surface area contributed by atoms with Gasteiger partial charge in [0, 0.05) is 17.6 Å². The Balaban J connectivity index is 1.95. The molecule has 0 saturated carbocycles. The highest BCUT2D eigenvalue weighted by Crippen LogP contribution is 2.27. The molecular formula is C21H25ClN4O3S. The summed E-state index contributed by atoms with van der Waals surface area (Å²) in [6.45, 7) is 8.42. The number of rotatable bonds is 8. The molecule has 3 aromatic rings. The molecule has 0 fully saturated rings. The second kappa shape index (κ2) is 9.66. The van der Waals surface area contributed by atoms with Crippen molar-refractivity contribution in [3.63, 3.8) is 0 Å². The maximum Gasteiger partial charge on any atom is 0.262 e. The van der Waals surface area contributed by atoms with Gasteiger partial charge in [-0.05, 0) is 43.9 Å². The van der Waals surface area contributed by atoms with Crippen LogP contribution in [0.15, 0.2) is 38.7 Å². The van der Waals surface area contributed by atoms with Crippen LogP contribution in [-0.2, 0) is 11.3 Å². The number of fused-ring (bicyclic) bond motifs is 1. The van der Waals surface area contributed by atoms with Crippen LogP contribution in [0.5, 0.6) is 0 Å². The van der Waals surface area contributed by atoms with Crippen LogP contribution in [0, 0.1) is 12.8 Å². The van der Waals surface area contributed by atoms with E-state index in [1.807, 2.05) is 6.92 Å². The van der Waals surface area contributed by atoms with Crippen LogP contribution in [0.4, 0.5) is 5.82 Å². The number of amides is 1. The van der Waals surface area contributed by atoms with Gasteiger partial charge in [-0.1, -0.05) is 49.3 Å². The third-order valence-corrected chi connectivity index (χ3v) is 6.19. The Morgan fingerprint density at radius 3 is 2.73 bits per heavy atom. The van der Waals surface area contributed by atoms with E-state index in [1.54, 1.807) is 35.8 Å². The summed E-state index contributed by atoms with van der Waals surface area (Å²) in [6.07, 6.45) is 1.39. The highest BCUT2D eigenvalue weighted by Gasteiger charge is 2.23. The van der Waals surface area contributed by atoms with E-state index in [2.05, 4.69) is 29.3 Å². The minimum atomic E-state index is -0.448. The van der Waals surface area contributed by atoms with Gasteiger partial charge in [0.1, 0.15) is 5.76 Å². The van der Waals surface area contributed by atoms with Gasteiger partial charge in [0.2, 0.25) is 5.91 Å². The highest BCUT2D eigenvalue weighted by atomic mass is 35.5. The van der Waals surface area contributed by atoms with Crippen molar-refractivity contribution in [2.75, 3.05) is 5.32 Å². The average molecular weight is 449 g/mol. The lowest BCUT2D eigenvalue weighted by molar-refractivity contribution is -0.115. The summed E-state index contributed by atoms with van der Waals surface area (Å²) in [6, 6.07) is 6.72. The monoisotopic (exact) mass is 448 g/mol. The van der Waals surface area contributed by atoms with Gasteiger partial charge >= 0.3 is 0 Å². The number of aromatic nitrogens is 3. The first-order valence-electron chi connectivity index (χ1n) is 9.89. The molecule has 30 heavy (non-hydrogen) atoms. The van der Waals surface area contributed by atoms with E-state index in [4.69, 9.17) is 16.1 Å². The van der Waals surface area contributed by atoms with E-state index in [0.717, 1.165) is 6.42 Å². The van der Waals surface area contributed by atoms with Gasteiger partial charge in [-0.25, -0.2) is 4.98 Å². The first kappa shape index (κ1) is 22.4. The van der Waals surface area contributed by atoms with E-state index in [1.165, 1.54) is 11.8 Å². The molecule has 9 heteroatoms. The van der Waals surface area contributed by atoms with Gasteiger partial charge in [0.25, 0.3) is 5.56 Å². The van der Waals surface area contributed by atoms with Crippen molar-refractivity contribution in [1.82, 2.24) is 14.7 Å². The largest absolute Gasteiger partial charge is 0.360 e. The fraction of sp³-hybridized carbons (Fsp3) is 0.429. The fourth-order valence-electron chi connectivity index (χ4n) is 2.93. The van der Waals surface area contributed by atoms with Gasteiger partial charge in [0.15, 0.2) is 11.0 Å². The van der Waals surface area contributed by atoms with Crippen molar-refractivity contribution in [1.29, 1.82) is 0 Å². The van der Waals surface area contributed by atoms with Crippen molar-refractivity contribution in [3.8, 4) is 0 Å². The quantitative estimate of drug-likeness (QED) is 0.389. The molecule has 0 radical (unpaired) electrons. The number of anilines is 1. The minimum absolute atomic E-state index is 0.123. The van der Waals surface area contributed by atoms with Gasteiger partial charge < -0.3 is 9.84 Å². The third-order valence-electron chi connectivity index (χ3n) is 4.60. The van der Waals surface area contributed by atoms with Gasteiger partial charge in [0.05, 0.1) is 16.2 Å². The Morgan fingerprint density at radius 2 is 2.10 bits per heavy atom. The number of halogens is 1. The van der Waals surface area contributed by atoms with Crippen LogP contribution in [0.1, 0.15) is 39.4 Å². The van der Waals surface area contributed by atoms with Crippen LogP contribution in [0.25, 0.3) is 10.9 Å². The SMILES string of the molecule is CCC(Sc1nc2cc(Cl)ccc2c(=O)n1CCC(C)C)C(=O)Nc1cc(C)on1. The van der Waals surface area contributed by atoms with Crippen molar-refractivity contribution < 1.29 is 9.32 Å². The van der Waals surface area contributed by atoms with Crippen molar-refractivity contribution in [2.24, 2.45) is 5.92 Å². The number of carbonyl (C=O) groups is 1. The molecule has 160 valence electrons. The number of nitrogens with one attached hydrogen (secondary N) is 1. The summed E-state index contributed by atoms with van der Waals surface area (Å²) in [5.74, 6) is 1.19. The second-order valence-electron chi connectivity index (χ2n) is 7.52. The lowest BCUT2D eigenvalue weighted by Gasteiger charge is -2.18. The number of benzene rings is 1. The van der Waals surface area contributed by atoms with Crippen LogP contribution in [-0.4, -0.2) is 25.9 Å². The normalized spacial score (nSPS) is 12.5. The van der Waals surface area contributed by atoms with Crippen molar-refractivity contribution >= 4 is 46.0 Å². The molecule has 0 bridgehead atoms. The van der Waals surface area contributed by atoms with E-state index in [0.29, 0.717) is 51.5 Å². The van der Waals surface area contributed by atoms with E-state index < -0.39 is 5.25 Å². The first-order chi connectivity index (χ1) is 14.3. The Hall–Kier alpha value is -2.32. The Bertz CT molecular complexity index is 1110. The molecule has 0 aliphatic carbocycles. The summed E-state index contributed by atoms with van der Waals surface area (Å²) < 4.78 is 6.67. The summed E-state index contributed by atoms with van der Waals surface area (Å²) in [7, 11) is 0. The second-order valence-corrected chi connectivity index (χ2v) is 9.13. The lowest BCUT2D eigenvalue weighted by Crippen LogP contribution is -2.28. The molecule has 0 spiro atoms. The zero-order valence-corrected chi connectivity index (χ0v) is 19.0. The summed E-state index contributed by atoms with van der Waals surface area (Å²) >= 11 is 7.38. The molecule has 1 unspecified atom stereocenters. The Morgan fingerprint density at radius 1 is 1.33 bits per heavy atom. The van der Waals surface area contributed by atoms with E-state index in [9.17, 15) is 9.59 Å². The molecule has 1 amide bonds. The van der Waals surface area contributed by atoms with Crippen molar-refractivity contribution in [2.45, 2.75) is 57.5 Å². The zero-order valence-electron chi connectivity index (χ0n) is 17.4. The molecule has 1 aromatic carbocycles.